The highest BCUT2D eigenvalue weighted by Crippen LogP contribution is 2.51. The van der Waals surface area contributed by atoms with Crippen LogP contribution in [0.25, 0.3) is 5.70 Å². The fraction of sp³-hybridized carbons (Fsp3) is 0.280. The molecule has 1 atom stereocenters. The van der Waals surface area contributed by atoms with Gasteiger partial charge in [0.25, 0.3) is 0 Å². The van der Waals surface area contributed by atoms with Crippen LogP contribution < -0.4 is 10.1 Å². The molecule has 0 aromatic heterocycles. The Morgan fingerprint density at radius 1 is 0.931 bits per heavy atom. The van der Waals surface area contributed by atoms with Crippen molar-refractivity contribution < 1.29 is 14.3 Å². The van der Waals surface area contributed by atoms with Crippen LogP contribution in [0, 0.1) is 5.41 Å². The third kappa shape index (κ3) is 2.66. The van der Waals surface area contributed by atoms with Crippen molar-refractivity contribution in [2.45, 2.75) is 32.6 Å². The number of carbonyl (C=O) groups excluding carboxylic acids is 2. The van der Waals surface area contributed by atoms with Crippen molar-refractivity contribution in [1.82, 2.24) is 5.32 Å². The zero-order valence-electron chi connectivity index (χ0n) is 16.8. The average molecular weight is 385 g/mol. The number of Topliss-reactive ketones (excluding diaryl/α,β-unsaturated/α-hetero) is 2. The highest BCUT2D eigenvalue weighted by molar-refractivity contribution is 6.23. The van der Waals surface area contributed by atoms with Gasteiger partial charge >= 0.3 is 0 Å². The van der Waals surface area contributed by atoms with E-state index in [1.54, 1.807) is 7.11 Å². The quantitative estimate of drug-likeness (QED) is 0.819. The molecule has 5 rings (SSSR count). The molecule has 0 unspecified atom stereocenters. The van der Waals surface area contributed by atoms with Crippen LogP contribution >= 0.6 is 0 Å². The molecule has 4 heteroatoms. The van der Waals surface area contributed by atoms with Gasteiger partial charge in [-0.2, -0.15) is 0 Å². The van der Waals surface area contributed by atoms with E-state index < -0.39 is 0 Å². The highest BCUT2D eigenvalue weighted by Gasteiger charge is 2.46. The Kier molecular flexibility index (Phi) is 3.82. The van der Waals surface area contributed by atoms with Crippen molar-refractivity contribution in [2.24, 2.45) is 5.41 Å². The van der Waals surface area contributed by atoms with Crippen molar-refractivity contribution in [3.05, 3.63) is 82.1 Å². The molecule has 2 aromatic carbocycles. The van der Waals surface area contributed by atoms with E-state index >= 15 is 0 Å². The zero-order valence-corrected chi connectivity index (χ0v) is 16.8. The maximum atomic E-state index is 13.4. The molecule has 4 nitrogen and oxygen atoms in total. The number of dihydropyridines is 1. The summed E-state index contributed by atoms with van der Waals surface area (Å²) in [6.45, 7) is 4.24. The van der Waals surface area contributed by atoms with Gasteiger partial charge in [-0.3, -0.25) is 9.59 Å². The van der Waals surface area contributed by atoms with Gasteiger partial charge < -0.3 is 10.1 Å². The first-order chi connectivity index (χ1) is 13.9. The molecule has 1 aliphatic heterocycles. The van der Waals surface area contributed by atoms with E-state index in [-0.39, 0.29) is 22.9 Å². The number of ketones is 2. The summed E-state index contributed by atoms with van der Waals surface area (Å²) in [5.74, 6) is 0.534. The van der Waals surface area contributed by atoms with Gasteiger partial charge in [0.2, 0.25) is 0 Å². The molecule has 29 heavy (non-hydrogen) atoms. The average Bonchev–Trinajstić information content (AvgIpc) is 2.98. The molecular formula is C25H23NO3. The third-order valence-electron chi connectivity index (χ3n) is 6.18. The predicted octanol–water partition coefficient (Wildman–Crippen LogP) is 4.63. The van der Waals surface area contributed by atoms with Crippen molar-refractivity contribution in [1.29, 1.82) is 0 Å². The normalized spacial score (nSPS) is 22.1. The molecule has 0 spiro atoms. The van der Waals surface area contributed by atoms with Crippen molar-refractivity contribution in [3.63, 3.8) is 0 Å². The van der Waals surface area contributed by atoms with Gasteiger partial charge in [-0.05, 0) is 29.5 Å². The van der Waals surface area contributed by atoms with E-state index in [1.165, 1.54) is 0 Å². The second kappa shape index (κ2) is 6.18. The molecule has 1 N–H and O–H groups in total. The zero-order chi connectivity index (χ0) is 20.3. The number of benzene rings is 2. The topological polar surface area (TPSA) is 55.4 Å². The van der Waals surface area contributed by atoms with Crippen LogP contribution in [0.1, 0.15) is 54.1 Å². The lowest BCUT2D eigenvalue weighted by Crippen LogP contribution is -2.37. The summed E-state index contributed by atoms with van der Waals surface area (Å²) in [7, 11) is 1.63. The molecule has 0 saturated heterocycles. The summed E-state index contributed by atoms with van der Waals surface area (Å²) in [6, 6.07) is 15.4. The van der Waals surface area contributed by atoms with E-state index in [9.17, 15) is 9.59 Å². The van der Waals surface area contributed by atoms with Crippen LogP contribution in [0.5, 0.6) is 5.75 Å². The largest absolute Gasteiger partial charge is 0.497 e. The van der Waals surface area contributed by atoms with E-state index in [2.05, 4.69) is 19.2 Å². The number of hydrogen-bond donors (Lipinski definition) is 1. The lowest BCUT2D eigenvalue weighted by Gasteiger charge is -2.39. The van der Waals surface area contributed by atoms with E-state index in [0.717, 1.165) is 40.3 Å². The van der Waals surface area contributed by atoms with Crippen LogP contribution in [0.2, 0.25) is 0 Å². The minimum atomic E-state index is -0.351. The van der Waals surface area contributed by atoms with Gasteiger partial charge in [-0.15, -0.1) is 0 Å². The van der Waals surface area contributed by atoms with Crippen molar-refractivity contribution >= 4 is 17.3 Å². The molecule has 0 bridgehead atoms. The molecule has 3 aliphatic rings. The Morgan fingerprint density at radius 2 is 1.62 bits per heavy atom. The minimum absolute atomic E-state index is 0.00750. The molecule has 2 aliphatic carbocycles. The van der Waals surface area contributed by atoms with Crippen LogP contribution in [0.4, 0.5) is 0 Å². The van der Waals surface area contributed by atoms with E-state index in [1.807, 2.05) is 48.5 Å². The maximum absolute atomic E-state index is 13.4. The number of fused-ring (bicyclic) bond motifs is 2. The highest BCUT2D eigenvalue weighted by atomic mass is 16.5. The summed E-state index contributed by atoms with van der Waals surface area (Å²) < 4.78 is 5.30. The number of rotatable bonds is 2. The second-order valence-electron chi connectivity index (χ2n) is 8.83. The molecule has 0 saturated carbocycles. The van der Waals surface area contributed by atoms with Crippen LogP contribution in [-0.2, 0) is 4.79 Å². The summed E-state index contributed by atoms with van der Waals surface area (Å²) >= 11 is 0. The lowest BCUT2D eigenvalue weighted by molar-refractivity contribution is -0.118. The fourth-order valence-corrected chi connectivity index (χ4v) is 4.92. The number of carbonyl (C=O) groups is 2. The first-order valence-corrected chi connectivity index (χ1v) is 9.95. The van der Waals surface area contributed by atoms with E-state index in [0.29, 0.717) is 17.6 Å². The Hall–Kier alpha value is -3.14. The first-order valence-electron chi connectivity index (χ1n) is 9.95. The minimum Gasteiger partial charge on any atom is -0.497 e. The Labute approximate surface area is 170 Å². The van der Waals surface area contributed by atoms with Gasteiger partial charge in [0.05, 0.1) is 12.8 Å². The monoisotopic (exact) mass is 385 g/mol. The molecule has 0 fully saturated rings. The molecule has 1 heterocycles. The number of methoxy groups -OCH3 is 1. The number of allylic oxidation sites excluding steroid dienone is 3. The third-order valence-corrected chi connectivity index (χ3v) is 6.18. The SMILES string of the molecule is COc1ccc([C@H]2C3=C(CC(C)(C)CC3=O)NC3=C2C(=O)c2ccccc23)cc1. The standard InChI is InChI=1S/C25H23NO3/c1-25(2)12-18-21(19(27)13-25)20(14-8-10-15(29-3)11-9-14)22-23(26-18)16-6-4-5-7-17(16)24(22)28/h4-11,20,26H,12-13H2,1-3H3/t20-/m0/s1. The number of hydrogen-bond acceptors (Lipinski definition) is 4. The molecule has 146 valence electrons. The summed E-state index contributed by atoms with van der Waals surface area (Å²) in [4.78, 5) is 26.7. The summed E-state index contributed by atoms with van der Waals surface area (Å²) in [5.41, 5.74) is 5.71. The first kappa shape index (κ1) is 17.9. The Morgan fingerprint density at radius 3 is 2.31 bits per heavy atom. The van der Waals surface area contributed by atoms with Gasteiger partial charge in [0.1, 0.15) is 5.75 Å². The van der Waals surface area contributed by atoms with Crippen molar-refractivity contribution in [3.8, 4) is 5.75 Å². The summed E-state index contributed by atoms with van der Waals surface area (Å²) in [5, 5.41) is 3.51. The van der Waals surface area contributed by atoms with Gasteiger partial charge in [0.15, 0.2) is 11.6 Å². The number of ether oxygens (including phenoxy) is 1. The smallest absolute Gasteiger partial charge is 0.192 e. The second-order valence-corrected chi connectivity index (χ2v) is 8.83. The summed E-state index contributed by atoms with van der Waals surface area (Å²) in [6.07, 6.45) is 1.28. The molecule has 0 radical (unpaired) electrons. The van der Waals surface area contributed by atoms with Crippen LogP contribution in [-0.4, -0.2) is 18.7 Å². The lowest BCUT2D eigenvalue weighted by atomic mass is 9.68. The van der Waals surface area contributed by atoms with Gasteiger partial charge in [0, 0.05) is 40.3 Å². The van der Waals surface area contributed by atoms with Gasteiger partial charge in [-0.1, -0.05) is 50.2 Å². The predicted molar refractivity (Wildman–Crippen MR) is 112 cm³/mol. The molecule has 2 aromatic rings. The fourth-order valence-electron chi connectivity index (χ4n) is 4.92. The van der Waals surface area contributed by atoms with Gasteiger partial charge in [-0.25, -0.2) is 0 Å². The Balaban J connectivity index is 1.73. The van der Waals surface area contributed by atoms with Crippen LogP contribution in [0.15, 0.2) is 65.4 Å². The maximum Gasteiger partial charge on any atom is 0.192 e. The molecular weight excluding hydrogens is 362 g/mol. The number of nitrogens with one attached hydrogen (secondary N) is 1. The Bertz CT molecular complexity index is 1120. The van der Waals surface area contributed by atoms with Crippen molar-refractivity contribution in [2.75, 3.05) is 7.11 Å². The van der Waals surface area contributed by atoms with Crippen LogP contribution in [0.3, 0.4) is 0 Å². The molecule has 0 amide bonds. The van der Waals surface area contributed by atoms with E-state index in [4.69, 9.17) is 4.74 Å².